The van der Waals surface area contributed by atoms with Crippen molar-refractivity contribution in [2.24, 2.45) is 0 Å². The van der Waals surface area contributed by atoms with Gasteiger partial charge in [0.25, 0.3) is 0 Å². The van der Waals surface area contributed by atoms with Gasteiger partial charge in [0.15, 0.2) is 5.82 Å². The molecule has 0 fully saturated rings. The number of anilines is 1. The van der Waals surface area contributed by atoms with E-state index in [0.717, 1.165) is 18.8 Å². The molecule has 1 aromatic heterocycles. The summed E-state index contributed by atoms with van der Waals surface area (Å²) in [4.78, 5) is 10.2. The Bertz CT molecular complexity index is 278. The van der Waals surface area contributed by atoms with Crippen molar-refractivity contribution in [3.8, 4) is 0 Å². The van der Waals surface area contributed by atoms with E-state index < -0.39 is 0 Å². The molecular formula is C10H17N3O. The van der Waals surface area contributed by atoms with Gasteiger partial charge in [-0.25, -0.2) is 9.97 Å². The normalized spacial score (nSPS) is 10.2. The number of aliphatic hydroxyl groups is 1. The van der Waals surface area contributed by atoms with Crippen molar-refractivity contribution < 1.29 is 5.11 Å². The van der Waals surface area contributed by atoms with Crippen LogP contribution in [0.25, 0.3) is 0 Å². The van der Waals surface area contributed by atoms with Gasteiger partial charge in [-0.15, -0.1) is 0 Å². The number of nitrogens with zero attached hydrogens (tertiary/aromatic N) is 3. The Morgan fingerprint density at radius 3 is 2.93 bits per heavy atom. The minimum atomic E-state index is -0.102. The first-order valence-corrected chi connectivity index (χ1v) is 4.91. The Morgan fingerprint density at radius 1 is 1.50 bits per heavy atom. The molecule has 1 aromatic rings. The molecule has 0 aliphatic carbocycles. The van der Waals surface area contributed by atoms with E-state index in [4.69, 9.17) is 5.11 Å². The van der Waals surface area contributed by atoms with Gasteiger partial charge in [-0.1, -0.05) is 13.3 Å². The lowest BCUT2D eigenvalue weighted by Gasteiger charge is -2.17. The maximum Gasteiger partial charge on any atom is 0.156 e. The van der Waals surface area contributed by atoms with Crippen LogP contribution < -0.4 is 4.90 Å². The van der Waals surface area contributed by atoms with Crippen molar-refractivity contribution in [1.82, 2.24) is 9.97 Å². The summed E-state index contributed by atoms with van der Waals surface area (Å²) in [6, 6.07) is 1.86. The second-order valence-electron chi connectivity index (χ2n) is 3.26. The average Bonchev–Trinajstić information content (AvgIpc) is 2.26. The highest BCUT2D eigenvalue weighted by atomic mass is 16.3. The van der Waals surface area contributed by atoms with Crippen molar-refractivity contribution in [2.75, 3.05) is 18.5 Å². The van der Waals surface area contributed by atoms with Crippen LogP contribution in [0, 0.1) is 0 Å². The number of unbranched alkanes of at least 4 members (excludes halogenated alkanes) is 1. The standard InChI is InChI=1S/C10H17N3O/c1-3-4-7-13(2)10-5-6-11-9(8-14)12-10/h5-6,14H,3-4,7-8H2,1-2H3. The van der Waals surface area contributed by atoms with Gasteiger partial charge in [0, 0.05) is 19.8 Å². The molecule has 0 aliphatic rings. The zero-order chi connectivity index (χ0) is 10.4. The molecule has 0 aromatic carbocycles. The highest BCUT2D eigenvalue weighted by Crippen LogP contribution is 2.08. The van der Waals surface area contributed by atoms with Crippen LogP contribution in [0.5, 0.6) is 0 Å². The molecule has 0 amide bonds. The predicted molar refractivity (Wildman–Crippen MR) is 56.1 cm³/mol. The summed E-state index contributed by atoms with van der Waals surface area (Å²) in [5, 5.41) is 8.88. The molecule has 0 atom stereocenters. The van der Waals surface area contributed by atoms with Crippen molar-refractivity contribution in [2.45, 2.75) is 26.4 Å². The second kappa shape index (κ2) is 5.54. The minimum Gasteiger partial charge on any atom is -0.388 e. The van der Waals surface area contributed by atoms with Gasteiger partial charge < -0.3 is 10.0 Å². The van der Waals surface area contributed by atoms with Crippen molar-refractivity contribution in [3.05, 3.63) is 18.1 Å². The topological polar surface area (TPSA) is 49.2 Å². The van der Waals surface area contributed by atoms with Crippen LogP contribution in [0.15, 0.2) is 12.3 Å². The Balaban J connectivity index is 2.64. The maximum atomic E-state index is 8.88. The molecule has 14 heavy (non-hydrogen) atoms. The summed E-state index contributed by atoms with van der Waals surface area (Å²) < 4.78 is 0. The first kappa shape index (κ1) is 10.9. The molecule has 1 N–H and O–H groups in total. The van der Waals surface area contributed by atoms with Gasteiger partial charge in [0.2, 0.25) is 0 Å². The number of aromatic nitrogens is 2. The maximum absolute atomic E-state index is 8.88. The molecular weight excluding hydrogens is 178 g/mol. The lowest BCUT2D eigenvalue weighted by Crippen LogP contribution is -2.20. The fourth-order valence-electron chi connectivity index (χ4n) is 1.19. The molecule has 0 saturated carbocycles. The third-order valence-corrected chi connectivity index (χ3v) is 2.07. The Labute approximate surface area is 84.6 Å². The molecule has 0 bridgehead atoms. The van der Waals surface area contributed by atoms with Crippen LogP contribution in [-0.2, 0) is 6.61 Å². The van der Waals surface area contributed by atoms with Crippen molar-refractivity contribution in [1.29, 1.82) is 0 Å². The molecule has 4 nitrogen and oxygen atoms in total. The van der Waals surface area contributed by atoms with E-state index in [1.54, 1.807) is 6.20 Å². The number of rotatable bonds is 5. The molecule has 1 rings (SSSR count). The molecule has 4 heteroatoms. The number of hydrogen-bond donors (Lipinski definition) is 1. The fraction of sp³-hybridized carbons (Fsp3) is 0.600. The average molecular weight is 195 g/mol. The molecule has 0 saturated heterocycles. The first-order valence-electron chi connectivity index (χ1n) is 4.91. The van der Waals surface area contributed by atoms with Crippen molar-refractivity contribution in [3.63, 3.8) is 0 Å². The van der Waals surface area contributed by atoms with Gasteiger partial charge >= 0.3 is 0 Å². The van der Waals surface area contributed by atoms with Gasteiger partial charge in [0.1, 0.15) is 12.4 Å². The monoisotopic (exact) mass is 195 g/mol. The highest BCUT2D eigenvalue weighted by Gasteiger charge is 2.02. The quantitative estimate of drug-likeness (QED) is 0.767. The van der Waals surface area contributed by atoms with Crippen LogP contribution in [0.1, 0.15) is 25.6 Å². The molecule has 1 heterocycles. The first-order chi connectivity index (χ1) is 6.77. The summed E-state index contributed by atoms with van der Waals surface area (Å²) in [5.74, 6) is 1.35. The van der Waals surface area contributed by atoms with Crippen LogP contribution in [-0.4, -0.2) is 28.7 Å². The summed E-state index contributed by atoms with van der Waals surface area (Å²) in [6.45, 7) is 3.04. The number of aliphatic hydroxyl groups excluding tert-OH is 1. The molecule has 78 valence electrons. The van der Waals surface area contributed by atoms with E-state index in [-0.39, 0.29) is 6.61 Å². The van der Waals surface area contributed by atoms with Crippen molar-refractivity contribution >= 4 is 5.82 Å². The minimum absolute atomic E-state index is 0.102. The zero-order valence-corrected chi connectivity index (χ0v) is 8.77. The van der Waals surface area contributed by atoms with E-state index >= 15 is 0 Å². The summed E-state index contributed by atoms with van der Waals surface area (Å²) in [6.07, 6.45) is 3.99. The summed E-state index contributed by atoms with van der Waals surface area (Å²) in [5.41, 5.74) is 0. The molecule has 0 aliphatic heterocycles. The SMILES string of the molecule is CCCCN(C)c1ccnc(CO)n1. The van der Waals surface area contributed by atoms with Gasteiger partial charge in [0.05, 0.1) is 0 Å². The highest BCUT2D eigenvalue weighted by molar-refractivity contribution is 5.35. The van der Waals surface area contributed by atoms with Gasteiger partial charge in [-0.3, -0.25) is 0 Å². The number of hydrogen-bond acceptors (Lipinski definition) is 4. The largest absolute Gasteiger partial charge is 0.388 e. The Morgan fingerprint density at radius 2 is 2.29 bits per heavy atom. The predicted octanol–water partition coefficient (Wildman–Crippen LogP) is 1.21. The van der Waals surface area contributed by atoms with Gasteiger partial charge in [-0.2, -0.15) is 0 Å². The van der Waals surface area contributed by atoms with E-state index in [1.807, 2.05) is 13.1 Å². The van der Waals surface area contributed by atoms with E-state index in [0.29, 0.717) is 5.82 Å². The fourth-order valence-corrected chi connectivity index (χ4v) is 1.19. The Hall–Kier alpha value is -1.16. The van der Waals surface area contributed by atoms with Crippen LogP contribution in [0.3, 0.4) is 0 Å². The lowest BCUT2D eigenvalue weighted by atomic mass is 10.3. The van der Waals surface area contributed by atoms with E-state index in [2.05, 4.69) is 21.8 Å². The van der Waals surface area contributed by atoms with E-state index in [1.165, 1.54) is 6.42 Å². The molecule has 0 unspecified atom stereocenters. The van der Waals surface area contributed by atoms with Crippen LogP contribution >= 0.6 is 0 Å². The second-order valence-corrected chi connectivity index (χ2v) is 3.26. The Kier molecular flexibility index (Phi) is 4.32. The summed E-state index contributed by atoms with van der Waals surface area (Å²) in [7, 11) is 2.00. The molecule has 0 radical (unpaired) electrons. The van der Waals surface area contributed by atoms with Crippen LogP contribution in [0.2, 0.25) is 0 Å². The van der Waals surface area contributed by atoms with E-state index in [9.17, 15) is 0 Å². The molecule has 0 spiro atoms. The third-order valence-electron chi connectivity index (χ3n) is 2.07. The van der Waals surface area contributed by atoms with Gasteiger partial charge in [-0.05, 0) is 12.5 Å². The van der Waals surface area contributed by atoms with Crippen LogP contribution in [0.4, 0.5) is 5.82 Å². The smallest absolute Gasteiger partial charge is 0.156 e. The zero-order valence-electron chi connectivity index (χ0n) is 8.77. The third kappa shape index (κ3) is 2.96. The lowest BCUT2D eigenvalue weighted by molar-refractivity contribution is 0.271. The summed E-state index contributed by atoms with van der Waals surface area (Å²) >= 11 is 0.